The van der Waals surface area contributed by atoms with Crippen LogP contribution in [0.4, 0.5) is 11.4 Å². The molecule has 0 saturated heterocycles. The molecule has 0 amide bonds. The first-order valence-corrected chi connectivity index (χ1v) is 5.98. The number of rotatable bonds is 3. The van der Waals surface area contributed by atoms with Crippen molar-refractivity contribution in [2.45, 2.75) is 13.8 Å². The molecule has 0 radical (unpaired) electrons. The van der Waals surface area contributed by atoms with E-state index in [9.17, 15) is 9.90 Å². The lowest BCUT2D eigenvalue weighted by molar-refractivity contribution is 0.0697. The molecule has 0 fully saturated rings. The van der Waals surface area contributed by atoms with Crippen LogP contribution in [0, 0.1) is 13.8 Å². The van der Waals surface area contributed by atoms with Gasteiger partial charge in [-0.1, -0.05) is 6.07 Å². The van der Waals surface area contributed by atoms with Crippen molar-refractivity contribution in [3.05, 3.63) is 53.3 Å². The molecule has 0 aliphatic carbocycles. The molecular formula is C15H16N2O2. The summed E-state index contributed by atoms with van der Waals surface area (Å²) in [4.78, 5) is 17.0. The van der Waals surface area contributed by atoms with Gasteiger partial charge >= 0.3 is 5.97 Å². The van der Waals surface area contributed by atoms with Crippen LogP contribution < -0.4 is 4.90 Å². The van der Waals surface area contributed by atoms with E-state index >= 15 is 0 Å². The Morgan fingerprint density at radius 1 is 1.21 bits per heavy atom. The highest BCUT2D eigenvalue weighted by molar-refractivity contribution is 5.95. The second kappa shape index (κ2) is 5.10. The zero-order valence-electron chi connectivity index (χ0n) is 11.2. The van der Waals surface area contributed by atoms with E-state index in [4.69, 9.17) is 0 Å². The number of nitrogens with zero attached hydrogens (tertiary/aromatic N) is 2. The number of aryl methyl sites for hydroxylation is 2. The van der Waals surface area contributed by atoms with Crippen LogP contribution >= 0.6 is 0 Å². The highest BCUT2D eigenvalue weighted by Crippen LogP contribution is 2.27. The molecule has 0 saturated carbocycles. The average molecular weight is 256 g/mol. The Balaban J connectivity index is 2.49. The van der Waals surface area contributed by atoms with Crippen LogP contribution in [0.3, 0.4) is 0 Å². The lowest BCUT2D eigenvalue weighted by Gasteiger charge is -2.22. The van der Waals surface area contributed by atoms with Crippen molar-refractivity contribution in [2.75, 3.05) is 11.9 Å². The molecule has 98 valence electrons. The third-order valence-corrected chi connectivity index (χ3v) is 2.98. The van der Waals surface area contributed by atoms with Crippen molar-refractivity contribution in [3.8, 4) is 0 Å². The lowest BCUT2D eigenvalue weighted by atomic mass is 10.1. The normalized spacial score (nSPS) is 10.3. The number of anilines is 2. The summed E-state index contributed by atoms with van der Waals surface area (Å²) in [6.45, 7) is 4.05. The van der Waals surface area contributed by atoms with Crippen LogP contribution in [-0.2, 0) is 0 Å². The Hall–Kier alpha value is -2.36. The third-order valence-electron chi connectivity index (χ3n) is 2.98. The predicted octanol–water partition coefficient (Wildman–Crippen LogP) is 3.16. The third kappa shape index (κ3) is 2.73. The SMILES string of the molecule is Cc1cc(C)cc(N(C)c2ccncc2C(=O)O)c1. The lowest BCUT2D eigenvalue weighted by Crippen LogP contribution is -2.14. The summed E-state index contributed by atoms with van der Waals surface area (Å²) in [7, 11) is 1.86. The number of pyridine rings is 1. The Labute approximate surface area is 112 Å². The van der Waals surface area contributed by atoms with E-state index in [1.54, 1.807) is 12.3 Å². The molecule has 1 heterocycles. The van der Waals surface area contributed by atoms with Crippen LogP contribution in [0.2, 0.25) is 0 Å². The molecule has 1 aromatic heterocycles. The van der Waals surface area contributed by atoms with Gasteiger partial charge in [0.1, 0.15) is 5.56 Å². The molecule has 1 N–H and O–H groups in total. The van der Waals surface area contributed by atoms with Crippen LogP contribution in [0.5, 0.6) is 0 Å². The number of benzene rings is 1. The molecule has 0 aliphatic rings. The minimum atomic E-state index is -0.973. The molecule has 19 heavy (non-hydrogen) atoms. The Kier molecular flexibility index (Phi) is 3.51. The standard InChI is InChI=1S/C15H16N2O2/c1-10-6-11(2)8-12(7-10)17(3)14-4-5-16-9-13(14)15(18)19/h4-9H,1-3H3,(H,18,19). The summed E-state index contributed by atoms with van der Waals surface area (Å²) in [5.74, 6) is -0.973. The van der Waals surface area contributed by atoms with Crippen molar-refractivity contribution in [2.24, 2.45) is 0 Å². The van der Waals surface area contributed by atoms with E-state index < -0.39 is 5.97 Å². The molecular weight excluding hydrogens is 240 g/mol. The summed E-state index contributed by atoms with van der Waals surface area (Å²) in [5.41, 5.74) is 4.09. The second-order valence-corrected chi connectivity index (χ2v) is 4.60. The maximum absolute atomic E-state index is 11.2. The molecule has 0 bridgehead atoms. The number of hydrogen-bond acceptors (Lipinski definition) is 3. The highest BCUT2D eigenvalue weighted by atomic mass is 16.4. The smallest absolute Gasteiger partial charge is 0.339 e. The number of aromatic carboxylic acids is 1. The van der Waals surface area contributed by atoms with Gasteiger partial charge in [-0.15, -0.1) is 0 Å². The van der Waals surface area contributed by atoms with Gasteiger partial charge in [0.05, 0.1) is 5.69 Å². The molecule has 0 aliphatic heterocycles. The number of carboxylic acid groups (broad SMARTS) is 1. The quantitative estimate of drug-likeness (QED) is 0.916. The molecule has 1 aromatic carbocycles. The first-order valence-electron chi connectivity index (χ1n) is 5.98. The average Bonchev–Trinajstić information content (AvgIpc) is 2.36. The summed E-state index contributed by atoms with van der Waals surface area (Å²) < 4.78 is 0. The maximum Gasteiger partial charge on any atom is 0.339 e. The van der Waals surface area contributed by atoms with Gasteiger partial charge in [0, 0.05) is 25.1 Å². The monoisotopic (exact) mass is 256 g/mol. The largest absolute Gasteiger partial charge is 0.478 e. The molecule has 2 aromatic rings. The molecule has 4 nitrogen and oxygen atoms in total. The van der Waals surface area contributed by atoms with Gasteiger partial charge in [0.2, 0.25) is 0 Å². The molecule has 0 atom stereocenters. The van der Waals surface area contributed by atoms with Crippen molar-refractivity contribution in [1.29, 1.82) is 0 Å². The van der Waals surface area contributed by atoms with Crippen LogP contribution in [0.1, 0.15) is 21.5 Å². The Morgan fingerprint density at radius 3 is 2.42 bits per heavy atom. The Bertz CT molecular complexity index is 603. The van der Waals surface area contributed by atoms with Gasteiger partial charge in [-0.3, -0.25) is 4.98 Å². The maximum atomic E-state index is 11.2. The van der Waals surface area contributed by atoms with E-state index in [2.05, 4.69) is 11.1 Å². The number of carbonyl (C=O) groups is 1. The fourth-order valence-corrected chi connectivity index (χ4v) is 2.13. The number of carboxylic acids is 1. The number of aromatic nitrogens is 1. The van der Waals surface area contributed by atoms with Gasteiger partial charge in [-0.25, -0.2) is 4.79 Å². The summed E-state index contributed by atoms with van der Waals surface area (Å²) in [5, 5.41) is 9.20. The minimum Gasteiger partial charge on any atom is -0.478 e. The first kappa shape index (κ1) is 13.1. The summed E-state index contributed by atoms with van der Waals surface area (Å²) in [6, 6.07) is 7.85. The highest BCUT2D eigenvalue weighted by Gasteiger charge is 2.14. The van der Waals surface area contributed by atoms with Crippen molar-refractivity contribution in [3.63, 3.8) is 0 Å². The second-order valence-electron chi connectivity index (χ2n) is 4.60. The van der Waals surface area contributed by atoms with Gasteiger partial charge < -0.3 is 10.0 Å². The molecule has 0 unspecified atom stereocenters. The van der Waals surface area contributed by atoms with Gasteiger partial charge in [-0.05, 0) is 43.2 Å². The van der Waals surface area contributed by atoms with Gasteiger partial charge in [0.15, 0.2) is 0 Å². The molecule has 4 heteroatoms. The first-order chi connectivity index (χ1) is 8.99. The van der Waals surface area contributed by atoms with Crippen LogP contribution in [-0.4, -0.2) is 23.1 Å². The molecule has 0 spiro atoms. The van der Waals surface area contributed by atoms with Gasteiger partial charge in [-0.2, -0.15) is 0 Å². The van der Waals surface area contributed by atoms with E-state index in [1.807, 2.05) is 37.9 Å². The Morgan fingerprint density at radius 2 is 1.84 bits per heavy atom. The van der Waals surface area contributed by atoms with E-state index in [-0.39, 0.29) is 5.56 Å². The van der Waals surface area contributed by atoms with Crippen molar-refractivity contribution in [1.82, 2.24) is 4.98 Å². The summed E-state index contributed by atoms with van der Waals surface area (Å²) >= 11 is 0. The predicted molar refractivity (Wildman–Crippen MR) is 75.2 cm³/mol. The van der Waals surface area contributed by atoms with E-state index in [0.29, 0.717) is 5.69 Å². The fraction of sp³-hybridized carbons (Fsp3) is 0.200. The topological polar surface area (TPSA) is 53.4 Å². The molecule has 2 rings (SSSR count). The van der Waals surface area contributed by atoms with E-state index in [0.717, 1.165) is 16.8 Å². The van der Waals surface area contributed by atoms with E-state index in [1.165, 1.54) is 6.20 Å². The van der Waals surface area contributed by atoms with Crippen LogP contribution in [0.25, 0.3) is 0 Å². The fourth-order valence-electron chi connectivity index (χ4n) is 2.13. The van der Waals surface area contributed by atoms with Crippen molar-refractivity contribution < 1.29 is 9.90 Å². The number of hydrogen-bond donors (Lipinski definition) is 1. The van der Waals surface area contributed by atoms with Crippen LogP contribution in [0.15, 0.2) is 36.7 Å². The zero-order chi connectivity index (χ0) is 14.0. The van der Waals surface area contributed by atoms with Gasteiger partial charge in [0.25, 0.3) is 0 Å². The van der Waals surface area contributed by atoms with Crippen molar-refractivity contribution >= 4 is 17.3 Å². The zero-order valence-corrected chi connectivity index (χ0v) is 11.2. The minimum absolute atomic E-state index is 0.198. The summed E-state index contributed by atoms with van der Waals surface area (Å²) in [6.07, 6.45) is 2.97.